The molecule has 4 aliphatic carbocycles. The molecule has 1 aromatic heterocycles. The van der Waals surface area contributed by atoms with Crippen molar-refractivity contribution < 1.29 is 4.42 Å². The van der Waals surface area contributed by atoms with E-state index >= 15 is 0 Å². The summed E-state index contributed by atoms with van der Waals surface area (Å²) in [5.74, 6) is 2.81. The molecule has 2 aromatic rings. The van der Waals surface area contributed by atoms with Gasteiger partial charge in [-0.15, -0.1) is 0 Å². The molecule has 4 fully saturated rings. The fraction of sp³-hybridized carbons (Fsp3) is 0.600. The number of thiocarbonyl (C=S) groups is 1. The molecule has 1 unspecified atom stereocenters. The predicted molar refractivity (Wildman–Crippen MR) is 126 cm³/mol. The summed E-state index contributed by atoms with van der Waals surface area (Å²) in [4.78, 5) is 11.7. The highest BCUT2D eigenvalue weighted by molar-refractivity contribution is 7.80. The minimum absolute atomic E-state index is 0.317. The molecule has 0 spiro atoms. The molecule has 4 aliphatic rings. The van der Waals surface area contributed by atoms with Crippen LogP contribution in [0.2, 0.25) is 0 Å². The third-order valence-electron chi connectivity index (χ3n) is 7.92. The number of nitrogens with one attached hydrogen (secondary N) is 2. The maximum Gasteiger partial charge on any atom is 0.336 e. The molecule has 4 nitrogen and oxygen atoms in total. The maximum atomic E-state index is 11.7. The average molecular weight is 425 g/mol. The van der Waals surface area contributed by atoms with Crippen LogP contribution in [-0.2, 0) is 0 Å². The van der Waals surface area contributed by atoms with E-state index in [2.05, 4.69) is 17.6 Å². The quantitative estimate of drug-likeness (QED) is 0.471. The third-order valence-corrected chi connectivity index (χ3v) is 8.14. The van der Waals surface area contributed by atoms with Gasteiger partial charge in [-0.2, -0.15) is 0 Å². The smallest absolute Gasteiger partial charge is 0.336 e. The molecular weight excluding hydrogens is 392 g/mol. The summed E-state index contributed by atoms with van der Waals surface area (Å²) < 4.78 is 5.39. The Kier molecular flexibility index (Phi) is 5.12. The molecule has 6 rings (SSSR count). The molecule has 5 heteroatoms. The lowest BCUT2D eigenvalue weighted by atomic mass is 9.47. The van der Waals surface area contributed by atoms with E-state index in [1.807, 2.05) is 25.1 Å². The van der Waals surface area contributed by atoms with Crippen LogP contribution in [0.3, 0.4) is 0 Å². The van der Waals surface area contributed by atoms with Crippen molar-refractivity contribution in [3.63, 3.8) is 0 Å². The number of rotatable bonds is 5. The first-order valence-corrected chi connectivity index (χ1v) is 12.0. The first-order valence-electron chi connectivity index (χ1n) is 11.6. The second kappa shape index (κ2) is 7.67. The van der Waals surface area contributed by atoms with E-state index in [1.165, 1.54) is 57.4 Å². The molecule has 160 valence electrons. The van der Waals surface area contributed by atoms with Crippen LogP contribution in [0, 0.1) is 30.1 Å². The lowest BCUT2D eigenvalue weighted by molar-refractivity contribution is -0.0718. The molecule has 0 radical (unpaired) electrons. The van der Waals surface area contributed by atoms with Gasteiger partial charge in [-0.1, -0.05) is 13.3 Å². The number of hydrogen-bond donors (Lipinski definition) is 2. The van der Waals surface area contributed by atoms with Crippen LogP contribution >= 0.6 is 12.2 Å². The average Bonchev–Trinajstić information content (AvgIpc) is 2.66. The van der Waals surface area contributed by atoms with Gasteiger partial charge in [-0.25, -0.2) is 4.79 Å². The van der Waals surface area contributed by atoms with Gasteiger partial charge in [0.1, 0.15) is 5.58 Å². The zero-order valence-electron chi connectivity index (χ0n) is 18.0. The number of aryl methyl sites for hydroxylation is 1. The van der Waals surface area contributed by atoms with Crippen molar-refractivity contribution in [2.75, 3.05) is 5.32 Å². The fourth-order valence-electron chi connectivity index (χ4n) is 7.15. The van der Waals surface area contributed by atoms with E-state index in [9.17, 15) is 4.79 Å². The molecule has 0 saturated heterocycles. The molecular formula is C25H32N2O2S. The highest BCUT2D eigenvalue weighted by Crippen LogP contribution is 2.61. The molecule has 2 N–H and O–H groups in total. The molecule has 0 amide bonds. The van der Waals surface area contributed by atoms with E-state index < -0.39 is 0 Å². The van der Waals surface area contributed by atoms with Crippen molar-refractivity contribution in [3.8, 4) is 0 Å². The number of anilines is 1. The Morgan fingerprint density at radius 2 is 1.83 bits per heavy atom. The molecule has 4 bridgehead atoms. The van der Waals surface area contributed by atoms with Crippen LogP contribution < -0.4 is 16.3 Å². The highest BCUT2D eigenvalue weighted by Gasteiger charge is 2.54. The minimum atomic E-state index is -0.317. The Hall–Kier alpha value is -1.88. The lowest BCUT2D eigenvalue weighted by Crippen LogP contribution is -2.57. The zero-order chi connectivity index (χ0) is 20.9. The summed E-state index contributed by atoms with van der Waals surface area (Å²) in [7, 11) is 0. The summed E-state index contributed by atoms with van der Waals surface area (Å²) in [5, 5.41) is 8.71. The second-order valence-electron chi connectivity index (χ2n) is 10.2. The lowest BCUT2D eigenvalue weighted by Gasteiger charge is -2.59. The topological polar surface area (TPSA) is 54.3 Å². The van der Waals surface area contributed by atoms with Gasteiger partial charge in [0.15, 0.2) is 5.11 Å². The maximum absolute atomic E-state index is 11.7. The molecule has 1 heterocycles. The summed E-state index contributed by atoms with van der Waals surface area (Å²) in [6, 6.07) is 7.83. The Morgan fingerprint density at radius 1 is 1.17 bits per heavy atom. The van der Waals surface area contributed by atoms with Crippen molar-refractivity contribution in [3.05, 3.63) is 40.2 Å². The molecule has 1 aromatic carbocycles. The van der Waals surface area contributed by atoms with Gasteiger partial charge in [0.25, 0.3) is 0 Å². The standard InChI is InChI=1S/C25H32N2O2S/c1-3-4-22(25-12-16-8-17(13-25)10-18(9-16)14-25)27-24(30)26-19-5-6-20-15(2)7-23(28)29-21(20)11-19/h5-7,11,16-18,22H,3-4,8-10,12-14H2,1-2H3,(H2,26,27,30). The van der Waals surface area contributed by atoms with Crippen molar-refractivity contribution in [2.45, 2.75) is 71.3 Å². The summed E-state index contributed by atoms with van der Waals surface area (Å²) in [5.41, 5.74) is 2.48. The Labute approximate surface area is 183 Å². The number of hydrogen-bond acceptors (Lipinski definition) is 3. The summed E-state index contributed by atoms with van der Waals surface area (Å²) >= 11 is 5.74. The monoisotopic (exact) mass is 424 g/mol. The number of fused-ring (bicyclic) bond motifs is 1. The van der Waals surface area contributed by atoms with Crippen molar-refractivity contribution >= 4 is 34.0 Å². The highest BCUT2D eigenvalue weighted by atomic mass is 32.1. The Balaban J connectivity index is 1.33. The van der Waals surface area contributed by atoms with Gasteiger partial charge >= 0.3 is 5.63 Å². The van der Waals surface area contributed by atoms with Gasteiger partial charge in [-0.3, -0.25) is 0 Å². The Bertz CT molecular complexity index is 992. The second-order valence-corrected chi connectivity index (χ2v) is 10.6. The van der Waals surface area contributed by atoms with E-state index in [0.717, 1.165) is 34.4 Å². The zero-order valence-corrected chi connectivity index (χ0v) is 18.8. The van der Waals surface area contributed by atoms with Gasteiger partial charge in [0.2, 0.25) is 0 Å². The van der Waals surface area contributed by atoms with E-state index in [0.29, 0.717) is 22.2 Å². The summed E-state index contributed by atoms with van der Waals surface area (Å²) in [6.07, 6.45) is 10.8. The van der Waals surface area contributed by atoms with Crippen LogP contribution in [0.1, 0.15) is 63.9 Å². The molecule has 0 aliphatic heterocycles. The Morgan fingerprint density at radius 3 is 2.47 bits per heavy atom. The largest absolute Gasteiger partial charge is 0.423 e. The minimum Gasteiger partial charge on any atom is -0.423 e. The summed E-state index contributed by atoms with van der Waals surface area (Å²) in [6.45, 7) is 4.21. The fourth-order valence-corrected chi connectivity index (χ4v) is 7.41. The normalized spacial score (nSPS) is 30.4. The van der Waals surface area contributed by atoms with Crippen molar-refractivity contribution in [1.29, 1.82) is 0 Å². The van der Waals surface area contributed by atoms with Crippen molar-refractivity contribution in [1.82, 2.24) is 5.32 Å². The van der Waals surface area contributed by atoms with Gasteiger partial charge in [-0.05, 0) is 105 Å². The third kappa shape index (κ3) is 3.66. The van der Waals surface area contributed by atoms with Gasteiger partial charge in [0.05, 0.1) is 0 Å². The SMILES string of the molecule is CCCC(NC(=S)Nc1ccc2c(C)cc(=O)oc2c1)C12CC3CC(CC(C3)C1)C2. The van der Waals surface area contributed by atoms with E-state index in [1.54, 1.807) is 0 Å². The first-order chi connectivity index (χ1) is 14.4. The predicted octanol–water partition coefficient (Wildman–Crippen LogP) is 5.77. The van der Waals surface area contributed by atoms with Gasteiger partial charge in [0, 0.05) is 29.2 Å². The van der Waals surface area contributed by atoms with Crippen LogP contribution in [0.25, 0.3) is 11.0 Å². The molecule has 4 saturated carbocycles. The molecule has 30 heavy (non-hydrogen) atoms. The van der Waals surface area contributed by atoms with Gasteiger partial charge < -0.3 is 15.1 Å². The van der Waals surface area contributed by atoms with Crippen LogP contribution in [0.15, 0.2) is 33.5 Å². The van der Waals surface area contributed by atoms with E-state index in [4.69, 9.17) is 16.6 Å². The first kappa shape index (κ1) is 20.0. The number of benzene rings is 1. The van der Waals surface area contributed by atoms with Crippen LogP contribution in [-0.4, -0.2) is 11.2 Å². The van der Waals surface area contributed by atoms with Crippen LogP contribution in [0.5, 0.6) is 0 Å². The van der Waals surface area contributed by atoms with Crippen LogP contribution in [0.4, 0.5) is 5.69 Å². The van der Waals surface area contributed by atoms with Crippen molar-refractivity contribution in [2.24, 2.45) is 23.2 Å². The molecule has 1 atom stereocenters. The van der Waals surface area contributed by atoms with E-state index in [-0.39, 0.29) is 5.63 Å².